The van der Waals surface area contributed by atoms with E-state index in [9.17, 15) is 10.1 Å². The number of hydrogen-bond donors (Lipinski definition) is 1. The zero-order valence-corrected chi connectivity index (χ0v) is 11.6. The topological polar surface area (TPSA) is 94.1 Å². The summed E-state index contributed by atoms with van der Waals surface area (Å²) in [5, 5.41) is 22.0. The fourth-order valence-electron chi connectivity index (χ4n) is 1.98. The monoisotopic (exact) mass is 304 g/mol. The van der Waals surface area contributed by atoms with Crippen LogP contribution in [0, 0.1) is 17.0 Å². The molecule has 2 aromatic carbocycles. The lowest BCUT2D eigenvalue weighted by Crippen LogP contribution is -1.96. The van der Waals surface area contributed by atoms with Gasteiger partial charge >= 0.3 is 5.69 Å². The Balaban J connectivity index is 2.10. The Morgan fingerprint density at radius 2 is 1.95 bits per heavy atom. The second kappa shape index (κ2) is 5.02. The maximum absolute atomic E-state index is 10.9. The molecule has 0 spiro atoms. The number of nitrogens with one attached hydrogen (secondary N) is 1. The van der Waals surface area contributed by atoms with Crippen molar-refractivity contribution in [1.82, 2.24) is 10.3 Å². The third-order valence-corrected chi connectivity index (χ3v) is 3.29. The number of non-ortho nitro benzene ring substituents is 1. The Morgan fingerprint density at radius 3 is 2.71 bits per heavy atom. The van der Waals surface area contributed by atoms with Crippen LogP contribution in [0.5, 0.6) is 0 Å². The Kier molecular flexibility index (Phi) is 3.19. The molecule has 0 aliphatic heterocycles. The van der Waals surface area contributed by atoms with Gasteiger partial charge in [0.1, 0.15) is 0 Å². The lowest BCUT2D eigenvalue weighted by atomic mass is 10.1. The lowest BCUT2D eigenvalue weighted by Gasteiger charge is -2.09. The van der Waals surface area contributed by atoms with Gasteiger partial charge in [0, 0.05) is 16.8 Å². The van der Waals surface area contributed by atoms with E-state index in [4.69, 9.17) is 11.6 Å². The highest BCUT2D eigenvalue weighted by atomic mass is 35.5. The largest absolute Gasteiger partial charge is 0.353 e. The van der Waals surface area contributed by atoms with Gasteiger partial charge in [0.05, 0.1) is 10.6 Å². The van der Waals surface area contributed by atoms with Crippen LogP contribution in [0.3, 0.4) is 0 Å². The Hall–Kier alpha value is -2.67. The molecule has 0 saturated carbocycles. The van der Waals surface area contributed by atoms with Gasteiger partial charge in [0.15, 0.2) is 5.52 Å². The standard InChI is InChI=1S/C13H9ClN4O3/c1-7-2-3-8(14)6-10(7)15-9-4-5-11(18(19)20)13-12(9)16-21-17-13/h2-6,15H,1H3. The Bertz CT molecular complexity index is 847. The van der Waals surface area contributed by atoms with Crippen LogP contribution < -0.4 is 5.32 Å². The summed E-state index contributed by atoms with van der Waals surface area (Å²) >= 11 is 5.97. The van der Waals surface area contributed by atoms with E-state index < -0.39 is 4.92 Å². The van der Waals surface area contributed by atoms with Crippen LogP contribution in [0.2, 0.25) is 5.02 Å². The molecule has 0 saturated heterocycles. The molecular formula is C13H9ClN4O3. The first-order chi connectivity index (χ1) is 10.1. The quantitative estimate of drug-likeness (QED) is 0.583. The highest BCUT2D eigenvalue weighted by Crippen LogP contribution is 2.32. The summed E-state index contributed by atoms with van der Waals surface area (Å²) in [7, 11) is 0. The van der Waals surface area contributed by atoms with Gasteiger partial charge in [-0.25, -0.2) is 4.63 Å². The minimum Gasteiger partial charge on any atom is -0.353 e. The predicted octanol–water partition coefficient (Wildman–Crippen LogP) is 3.84. The number of hydrogen-bond acceptors (Lipinski definition) is 6. The van der Waals surface area contributed by atoms with Crippen LogP contribution in [0.4, 0.5) is 17.1 Å². The Morgan fingerprint density at radius 1 is 1.19 bits per heavy atom. The minimum atomic E-state index is -0.527. The summed E-state index contributed by atoms with van der Waals surface area (Å²) in [6, 6.07) is 8.33. The van der Waals surface area contributed by atoms with E-state index in [1.54, 1.807) is 18.2 Å². The van der Waals surface area contributed by atoms with Crippen LogP contribution in [0.1, 0.15) is 5.56 Å². The van der Waals surface area contributed by atoms with E-state index in [1.807, 2.05) is 13.0 Å². The van der Waals surface area contributed by atoms with E-state index in [0.717, 1.165) is 11.3 Å². The molecule has 0 aliphatic carbocycles. The van der Waals surface area contributed by atoms with Gasteiger partial charge < -0.3 is 5.32 Å². The third-order valence-electron chi connectivity index (χ3n) is 3.06. The van der Waals surface area contributed by atoms with Crippen molar-refractivity contribution in [3.05, 3.63) is 51.0 Å². The van der Waals surface area contributed by atoms with E-state index in [2.05, 4.69) is 20.3 Å². The van der Waals surface area contributed by atoms with Gasteiger partial charge in [-0.15, -0.1) is 0 Å². The molecule has 1 aromatic heterocycles. The zero-order valence-electron chi connectivity index (χ0n) is 10.8. The highest BCUT2D eigenvalue weighted by Gasteiger charge is 2.19. The van der Waals surface area contributed by atoms with Crippen LogP contribution in [-0.2, 0) is 0 Å². The normalized spacial score (nSPS) is 10.8. The smallest absolute Gasteiger partial charge is 0.300 e. The number of rotatable bonds is 3. The summed E-state index contributed by atoms with van der Waals surface area (Å²) < 4.78 is 4.62. The molecule has 1 N–H and O–H groups in total. The van der Waals surface area contributed by atoms with Crippen molar-refractivity contribution < 1.29 is 9.55 Å². The van der Waals surface area contributed by atoms with E-state index in [0.29, 0.717) is 16.2 Å². The first kappa shape index (κ1) is 13.3. The average molecular weight is 305 g/mol. The van der Waals surface area contributed by atoms with Gasteiger partial charge in [0.25, 0.3) is 0 Å². The molecular weight excluding hydrogens is 296 g/mol. The van der Waals surface area contributed by atoms with Crippen molar-refractivity contribution in [2.45, 2.75) is 6.92 Å². The van der Waals surface area contributed by atoms with Crippen molar-refractivity contribution in [1.29, 1.82) is 0 Å². The van der Waals surface area contributed by atoms with Gasteiger partial charge in [0.2, 0.25) is 5.52 Å². The van der Waals surface area contributed by atoms with Crippen molar-refractivity contribution in [2.24, 2.45) is 0 Å². The van der Waals surface area contributed by atoms with Crippen molar-refractivity contribution in [3.63, 3.8) is 0 Å². The molecule has 3 rings (SSSR count). The summed E-state index contributed by atoms with van der Waals surface area (Å²) in [6.45, 7) is 1.92. The molecule has 0 radical (unpaired) electrons. The van der Waals surface area contributed by atoms with E-state index in [-0.39, 0.29) is 11.2 Å². The zero-order chi connectivity index (χ0) is 15.0. The SMILES string of the molecule is Cc1ccc(Cl)cc1Nc1ccc([N+](=O)[O-])c2nonc12. The van der Waals surface area contributed by atoms with Crippen LogP contribution in [0.15, 0.2) is 35.0 Å². The number of aryl methyl sites for hydroxylation is 1. The first-order valence-corrected chi connectivity index (χ1v) is 6.37. The molecule has 0 bridgehead atoms. The highest BCUT2D eigenvalue weighted by molar-refractivity contribution is 6.30. The van der Waals surface area contributed by atoms with Gasteiger partial charge in [-0.05, 0) is 41.0 Å². The number of benzene rings is 2. The van der Waals surface area contributed by atoms with Crippen LogP contribution in [0.25, 0.3) is 11.0 Å². The number of nitro groups is 1. The third kappa shape index (κ3) is 2.38. The molecule has 0 aliphatic rings. The van der Waals surface area contributed by atoms with Crippen molar-refractivity contribution >= 4 is 39.7 Å². The molecule has 0 amide bonds. The number of nitrogens with zero attached hydrogens (tertiary/aromatic N) is 3. The molecule has 0 unspecified atom stereocenters. The molecule has 3 aromatic rings. The summed E-state index contributed by atoms with van der Waals surface area (Å²) in [6.07, 6.45) is 0. The van der Waals surface area contributed by atoms with Crippen LogP contribution >= 0.6 is 11.6 Å². The maximum atomic E-state index is 10.9. The molecule has 21 heavy (non-hydrogen) atoms. The number of nitro benzene ring substituents is 1. The van der Waals surface area contributed by atoms with E-state index in [1.165, 1.54) is 6.07 Å². The lowest BCUT2D eigenvalue weighted by molar-refractivity contribution is -0.383. The van der Waals surface area contributed by atoms with Crippen molar-refractivity contribution in [3.8, 4) is 0 Å². The number of anilines is 2. The minimum absolute atomic E-state index is 0.102. The molecule has 106 valence electrons. The fraction of sp³-hybridized carbons (Fsp3) is 0.0769. The molecule has 0 atom stereocenters. The Labute approximate surface area is 123 Å². The maximum Gasteiger partial charge on any atom is 0.300 e. The second-order valence-corrected chi connectivity index (χ2v) is 4.87. The van der Waals surface area contributed by atoms with Gasteiger partial charge in [-0.2, -0.15) is 0 Å². The van der Waals surface area contributed by atoms with Crippen molar-refractivity contribution in [2.75, 3.05) is 5.32 Å². The van der Waals surface area contributed by atoms with Gasteiger partial charge in [-0.1, -0.05) is 17.7 Å². The first-order valence-electron chi connectivity index (χ1n) is 5.99. The summed E-state index contributed by atoms with van der Waals surface area (Å²) in [5.74, 6) is 0. The second-order valence-electron chi connectivity index (χ2n) is 4.44. The predicted molar refractivity (Wildman–Crippen MR) is 77.9 cm³/mol. The summed E-state index contributed by atoms with van der Waals surface area (Å²) in [5.41, 5.74) is 2.55. The molecule has 7 nitrogen and oxygen atoms in total. The van der Waals surface area contributed by atoms with E-state index >= 15 is 0 Å². The molecule has 1 heterocycles. The fourth-order valence-corrected chi connectivity index (χ4v) is 2.15. The molecule has 0 fully saturated rings. The van der Waals surface area contributed by atoms with Gasteiger partial charge in [-0.3, -0.25) is 10.1 Å². The number of fused-ring (bicyclic) bond motifs is 1. The number of aromatic nitrogens is 2. The average Bonchev–Trinajstić information content (AvgIpc) is 2.92. The van der Waals surface area contributed by atoms with Crippen LogP contribution in [-0.4, -0.2) is 15.2 Å². The molecule has 8 heteroatoms. The number of halogens is 1. The summed E-state index contributed by atoms with van der Waals surface area (Å²) in [4.78, 5) is 10.4.